The molecule has 1 atom stereocenters. The number of phenols is 1. The van der Waals surface area contributed by atoms with Crippen LogP contribution < -0.4 is 5.32 Å². The van der Waals surface area contributed by atoms with Crippen molar-refractivity contribution in [1.82, 2.24) is 10.3 Å². The van der Waals surface area contributed by atoms with E-state index >= 15 is 0 Å². The zero-order valence-corrected chi connectivity index (χ0v) is 17.8. The molecule has 0 saturated heterocycles. The fraction of sp³-hybridized carbons (Fsp3) is 0.160. The summed E-state index contributed by atoms with van der Waals surface area (Å²) in [5.74, 6) is 0.209. The van der Waals surface area contributed by atoms with Gasteiger partial charge >= 0.3 is 0 Å². The van der Waals surface area contributed by atoms with E-state index in [1.807, 2.05) is 44.2 Å². The summed E-state index contributed by atoms with van der Waals surface area (Å²) in [6, 6.07) is 16.0. The maximum Gasteiger partial charge on any atom is 0.147 e. The highest BCUT2D eigenvalue weighted by atomic mass is 32.2. The van der Waals surface area contributed by atoms with E-state index in [9.17, 15) is 5.11 Å². The average Bonchev–Trinajstić information content (AvgIpc) is 2.73. The van der Waals surface area contributed by atoms with Crippen LogP contribution in [0.1, 0.15) is 31.0 Å². The number of aromatic nitrogens is 1. The molecule has 0 aliphatic rings. The molecule has 0 saturated carbocycles. The molecule has 3 aromatic rings. The van der Waals surface area contributed by atoms with Crippen molar-refractivity contribution in [2.45, 2.75) is 24.8 Å². The maximum absolute atomic E-state index is 11.0. The van der Waals surface area contributed by atoms with Gasteiger partial charge in [-0.15, -0.1) is 11.8 Å². The molecule has 0 aliphatic heterocycles. The molecule has 29 heavy (non-hydrogen) atoms. The number of rotatable bonds is 7. The first-order valence-electron chi connectivity index (χ1n) is 9.48. The summed E-state index contributed by atoms with van der Waals surface area (Å²) >= 11 is 1.71. The number of allylic oxidation sites excluding steroid dienone is 5. The molecule has 3 nitrogen and oxygen atoms in total. The van der Waals surface area contributed by atoms with Crippen molar-refractivity contribution in [3.63, 3.8) is 0 Å². The van der Waals surface area contributed by atoms with Gasteiger partial charge in [-0.2, -0.15) is 0 Å². The smallest absolute Gasteiger partial charge is 0.147 e. The molecule has 1 unspecified atom stereocenters. The summed E-state index contributed by atoms with van der Waals surface area (Å²) in [7, 11) is 0. The summed E-state index contributed by atoms with van der Waals surface area (Å²) in [6.07, 6.45) is 9.58. The molecule has 1 aromatic heterocycles. The fourth-order valence-electron chi connectivity index (χ4n) is 3.36. The SMILES string of the molecule is C=C/C=C(C)\C=C(/C)NC(c1ccc(SC)cc1)c1ccc2cccnc2c1O. The number of hydrogen-bond acceptors (Lipinski definition) is 4. The van der Waals surface area contributed by atoms with Gasteiger partial charge in [-0.05, 0) is 55.5 Å². The van der Waals surface area contributed by atoms with E-state index in [0.717, 1.165) is 27.8 Å². The first-order chi connectivity index (χ1) is 14.0. The van der Waals surface area contributed by atoms with Gasteiger partial charge in [-0.3, -0.25) is 4.98 Å². The molecule has 0 bridgehead atoms. The fourth-order valence-corrected chi connectivity index (χ4v) is 3.77. The van der Waals surface area contributed by atoms with Gasteiger partial charge in [-0.1, -0.05) is 49.1 Å². The lowest BCUT2D eigenvalue weighted by Crippen LogP contribution is -2.21. The first-order valence-corrected chi connectivity index (χ1v) is 10.7. The largest absolute Gasteiger partial charge is 0.505 e. The maximum atomic E-state index is 11.0. The number of benzene rings is 2. The third-order valence-corrected chi connectivity index (χ3v) is 5.48. The van der Waals surface area contributed by atoms with Crippen molar-refractivity contribution in [2.75, 3.05) is 6.26 Å². The van der Waals surface area contributed by atoms with Crippen LogP contribution in [0.3, 0.4) is 0 Å². The van der Waals surface area contributed by atoms with Crippen LogP contribution in [0.2, 0.25) is 0 Å². The highest BCUT2D eigenvalue weighted by Gasteiger charge is 2.20. The Kier molecular flexibility index (Phi) is 6.78. The number of aromatic hydroxyl groups is 1. The highest BCUT2D eigenvalue weighted by molar-refractivity contribution is 7.98. The summed E-state index contributed by atoms with van der Waals surface area (Å²) in [5.41, 5.74) is 4.59. The second-order valence-corrected chi connectivity index (χ2v) is 7.78. The van der Waals surface area contributed by atoms with Crippen molar-refractivity contribution in [2.24, 2.45) is 0 Å². The Bertz CT molecular complexity index is 1070. The van der Waals surface area contributed by atoms with Gasteiger partial charge in [-0.25, -0.2) is 0 Å². The van der Waals surface area contributed by atoms with Crippen molar-refractivity contribution < 1.29 is 5.11 Å². The Morgan fingerprint density at radius 1 is 1.14 bits per heavy atom. The van der Waals surface area contributed by atoms with E-state index in [4.69, 9.17) is 0 Å². The molecule has 0 radical (unpaired) electrons. The zero-order chi connectivity index (χ0) is 20.8. The van der Waals surface area contributed by atoms with E-state index in [1.165, 1.54) is 4.90 Å². The Balaban J connectivity index is 2.08. The Morgan fingerprint density at radius 2 is 1.90 bits per heavy atom. The van der Waals surface area contributed by atoms with Crippen LogP contribution in [0.5, 0.6) is 5.75 Å². The van der Waals surface area contributed by atoms with Gasteiger partial charge in [0.2, 0.25) is 0 Å². The molecule has 3 rings (SSSR count). The number of nitrogens with one attached hydrogen (secondary N) is 1. The van der Waals surface area contributed by atoms with Gasteiger partial charge in [0.15, 0.2) is 0 Å². The Morgan fingerprint density at radius 3 is 2.59 bits per heavy atom. The molecule has 148 valence electrons. The van der Waals surface area contributed by atoms with Crippen molar-refractivity contribution in [1.29, 1.82) is 0 Å². The predicted molar refractivity (Wildman–Crippen MR) is 124 cm³/mol. The lowest BCUT2D eigenvalue weighted by atomic mass is 9.96. The third-order valence-electron chi connectivity index (χ3n) is 4.74. The summed E-state index contributed by atoms with van der Waals surface area (Å²) < 4.78 is 0. The molecule has 0 aliphatic carbocycles. The highest BCUT2D eigenvalue weighted by Crippen LogP contribution is 2.35. The second-order valence-electron chi connectivity index (χ2n) is 6.90. The number of phenolic OH excluding ortho intramolecular Hbond substituents is 1. The van der Waals surface area contributed by atoms with Crippen LogP contribution in [-0.2, 0) is 0 Å². The Hall–Kier alpha value is -2.98. The zero-order valence-electron chi connectivity index (χ0n) is 17.0. The minimum Gasteiger partial charge on any atom is -0.505 e. The summed E-state index contributed by atoms with van der Waals surface area (Å²) in [4.78, 5) is 5.58. The molecule has 2 N–H and O–H groups in total. The molecule has 0 spiro atoms. The molecule has 0 fully saturated rings. The molecule has 1 heterocycles. The van der Waals surface area contributed by atoms with E-state index in [-0.39, 0.29) is 11.8 Å². The van der Waals surface area contributed by atoms with Crippen LogP contribution in [0.15, 0.2) is 95.7 Å². The second kappa shape index (κ2) is 9.48. The van der Waals surface area contributed by atoms with Gasteiger partial charge in [0, 0.05) is 27.7 Å². The standard InChI is InChI=1S/C25H26N2OS/c1-5-7-17(2)16-18(3)27-23(20-9-12-21(29-4)13-10-20)22-14-11-19-8-6-15-26-24(19)25(22)28/h5-16,23,27-28H,1H2,2-4H3/b17-7-,18-16+. The monoisotopic (exact) mass is 402 g/mol. The van der Waals surface area contributed by atoms with Crippen LogP contribution in [0.4, 0.5) is 0 Å². The molecular weight excluding hydrogens is 376 g/mol. The lowest BCUT2D eigenvalue weighted by Gasteiger charge is -2.23. The van der Waals surface area contributed by atoms with E-state index in [0.29, 0.717) is 5.52 Å². The van der Waals surface area contributed by atoms with Gasteiger partial charge < -0.3 is 10.4 Å². The minimum atomic E-state index is -0.204. The van der Waals surface area contributed by atoms with Gasteiger partial charge in [0.1, 0.15) is 11.3 Å². The first kappa shape index (κ1) is 20.7. The molecule has 2 aromatic carbocycles. The summed E-state index contributed by atoms with van der Waals surface area (Å²) in [6.45, 7) is 7.81. The van der Waals surface area contributed by atoms with Crippen LogP contribution in [0.25, 0.3) is 10.9 Å². The number of fused-ring (bicyclic) bond motifs is 1. The number of nitrogens with zero attached hydrogens (tertiary/aromatic N) is 1. The van der Waals surface area contributed by atoms with Gasteiger partial charge in [0.05, 0.1) is 6.04 Å². The van der Waals surface area contributed by atoms with E-state index in [2.05, 4.69) is 53.5 Å². The molecular formula is C25H26N2OS. The number of pyridine rings is 1. The van der Waals surface area contributed by atoms with Crippen LogP contribution >= 0.6 is 11.8 Å². The lowest BCUT2D eigenvalue weighted by molar-refractivity contribution is 0.466. The van der Waals surface area contributed by atoms with Gasteiger partial charge in [0.25, 0.3) is 0 Å². The van der Waals surface area contributed by atoms with Crippen LogP contribution in [0, 0.1) is 0 Å². The Labute approximate surface area is 176 Å². The summed E-state index contributed by atoms with van der Waals surface area (Å²) in [5, 5.41) is 15.5. The van der Waals surface area contributed by atoms with E-state index < -0.39 is 0 Å². The average molecular weight is 403 g/mol. The minimum absolute atomic E-state index is 0.204. The topological polar surface area (TPSA) is 45.2 Å². The normalized spacial score (nSPS) is 13.3. The third kappa shape index (κ3) is 4.90. The van der Waals surface area contributed by atoms with Crippen molar-refractivity contribution in [3.8, 4) is 5.75 Å². The van der Waals surface area contributed by atoms with Crippen molar-refractivity contribution in [3.05, 3.63) is 102 Å². The number of hydrogen-bond donors (Lipinski definition) is 2. The predicted octanol–water partition coefficient (Wildman–Crippen LogP) is 6.38. The molecule has 4 heteroatoms. The molecule has 0 amide bonds. The van der Waals surface area contributed by atoms with Crippen LogP contribution in [-0.4, -0.2) is 16.3 Å². The van der Waals surface area contributed by atoms with E-state index in [1.54, 1.807) is 24.0 Å². The number of thioether (sulfide) groups is 1. The van der Waals surface area contributed by atoms with Crippen molar-refractivity contribution >= 4 is 22.7 Å². The quantitative estimate of drug-likeness (QED) is 0.356.